The van der Waals surface area contributed by atoms with Crippen LogP contribution in [0.4, 0.5) is 8.78 Å². The van der Waals surface area contributed by atoms with Crippen LogP contribution in [-0.4, -0.2) is 18.9 Å². The van der Waals surface area contributed by atoms with E-state index in [-0.39, 0.29) is 0 Å². The fraction of sp³-hybridized carbons (Fsp3) is 0.571. The third kappa shape index (κ3) is 3.70. The van der Waals surface area contributed by atoms with Gasteiger partial charge in [-0.2, -0.15) is 0 Å². The Morgan fingerprint density at radius 1 is 1.64 bits per heavy atom. The van der Waals surface area contributed by atoms with Crippen LogP contribution in [0.3, 0.4) is 0 Å². The highest BCUT2D eigenvalue weighted by atomic mass is 19.3. The minimum absolute atomic E-state index is 0.407. The molecule has 0 aromatic rings. The normalized spacial score (nSPS) is 9.82. The van der Waals surface area contributed by atoms with Gasteiger partial charge in [0.15, 0.2) is 0 Å². The molecular formula is C7H11F2NO. The van der Waals surface area contributed by atoms with Gasteiger partial charge in [-0.15, -0.1) is 0 Å². The van der Waals surface area contributed by atoms with Crippen molar-refractivity contribution in [3.05, 3.63) is 12.2 Å². The van der Waals surface area contributed by atoms with E-state index in [1.165, 1.54) is 0 Å². The zero-order valence-electron chi connectivity index (χ0n) is 6.36. The van der Waals surface area contributed by atoms with Crippen LogP contribution in [0, 0.1) is 0 Å². The zero-order chi connectivity index (χ0) is 8.85. The lowest BCUT2D eigenvalue weighted by Gasteiger charge is -2.04. The van der Waals surface area contributed by atoms with Gasteiger partial charge in [-0.05, 0) is 6.42 Å². The molecule has 1 N–H and O–H groups in total. The summed E-state index contributed by atoms with van der Waals surface area (Å²) < 4.78 is 23.5. The minimum atomic E-state index is -2.76. The molecule has 0 heterocycles. The number of nitrogens with one attached hydrogen (secondary N) is 1. The van der Waals surface area contributed by atoms with Crippen molar-refractivity contribution >= 4 is 5.91 Å². The molecule has 0 aliphatic rings. The monoisotopic (exact) mass is 163 g/mol. The summed E-state index contributed by atoms with van der Waals surface area (Å²) >= 11 is 0. The van der Waals surface area contributed by atoms with E-state index in [2.05, 4.69) is 11.9 Å². The first-order valence-corrected chi connectivity index (χ1v) is 3.34. The van der Waals surface area contributed by atoms with Crippen LogP contribution in [0.2, 0.25) is 0 Å². The van der Waals surface area contributed by atoms with Crippen molar-refractivity contribution in [3.8, 4) is 0 Å². The Balaban J connectivity index is 3.75. The highest BCUT2D eigenvalue weighted by Crippen LogP contribution is 2.04. The molecule has 0 saturated carbocycles. The molecular weight excluding hydrogens is 152 g/mol. The van der Waals surface area contributed by atoms with Gasteiger partial charge in [0.2, 0.25) is 0 Å². The minimum Gasteiger partial charge on any atom is -0.352 e. The molecule has 0 bridgehead atoms. The average Bonchev–Trinajstić information content (AvgIpc) is 1.98. The standard InChI is InChI=1S/C7H11F2NO/c1-3-4-10-7(11)5(2)6(8)9/h6H,2-4H2,1H3,(H,10,11). The molecule has 4 heteroatoms. The van der Waals surface area contributed by atoms with E-state index in [4.69, 9.17) is 0 Å². The molecule has 0 aliphatic heterocycles. The SMILES string of the molecule is C=C(C(=O)NCCC)C(F)F. The largest absolute Gasteiger partial charge is 0.352 e. The highest BCUT2D eigenvalue weighted by Gasteiger charge is 2.15. The Hall–Kier alpha value is -0.930. The van der Waals surface area contributed by atoms with Gasteiger partial charge in [0.25, 0.3) is 12.3 Å². The van der Waals surface area contributed by atoms with E-state index in [9.17, 15) is 13.6 Å². The molecule has 0 fully saturated rings. The summed E-state index contributed by atoms with van der Waals surface area (Å²) in [7, 11) is 0. The van der Waals surface area contributed by atoms with Crippen LogP contribution in [0.15, 0.2) is 12.2 Å². The van der Waals surface area contributed by atoms with Gasteiger partial charge in [0, 0.05) is 6.54 Å². The molecule has 0 aliphatic carbocycles. The summed E-state index contributed by atoms with van der Waals surface area (Å²) in [6.07, 6.45) is -2.03. The summed E-state index contributed by atoms with van der Waals surface area (Å²) in [5.41, 5.74) is -0.668. The first kappa shape index (κ1) is 10.1. The third-order valence-electron chi connectivity index (χ3n) is 1.09. The number of hydrogen-bond acceptors (Lipinski definition) is 1. The van der Waals surface area contributed by atoms with Crippen LogP contribution in [0.1, 0.15) is 13.3 Å². The molecule has 0 spiro atoms. The fourth-order valence-corrected chi connectivity index (χ4v) is 0.451. The van der Waals surface area contributed by atoms with E-state index in [1.54, 1.807) is 0 Å². The molecule has 0 aromatic carbocycles. The second-order valence-corrected chi connectivity index (χ2v) is 2.08. The molecule has 11 heavy (non-hydrogen) atoms. The summed E-state index contributed by atoms with van der Waals surface area (Å²) in [5.74, 6) is -0.762. The first-order chi connectivity index (χ1) is 5.09. The topological polar surface area (TPSA) is 29.1 Å². The van der Waals surface area contributed by atoms with Crippen molar-refractivity contribution in [3.63, 3.8) is 0 Å². The lowest BCUT2D eigenvalue weighted by molar-refractivity contribution is -0.118. The summed E-state index contributed by atoms with van der Waals surface area (Å²) in [4.78, 5) is 10.7. The maximum Gasteiger partial charge on any atom is 0.268 e. The van der Waals surface area contributed by atoms with Crippen molar-refractivity contribution in [2.24, 2.45) is 0 Å². The maximum atomic E-state index is 11.7. The number of rotatable bonds is 4. The smallest absolute Gasteiger partial charge is 0.268 e. The van der Waals surface area contributed by atoms with Crippen LogP contribution >= 0.6 is 0 Å². The number of amides is 1. The van der Waals surface area contributed by atoms with Gasteiger partial charge >= 0.3 is 0 Å². The molecule has 0 rings (SSSR count). The Morgan fingerprint density at radius 2 is 2.18 bits per heavy atom. The van der Waals surface area contributed by atoms with Gasteiger partial charge < -0.3 is 5.32 Å². The zero-order valence-corrected chi connectivity index (χ0v) is 6.36. The van der Waals surface area contributed by atoms with Crippen LogP contribution in [-0.2, 0) is 4.79 Å². The number of alkyl halides is 2. The lowest BCUT2D eigenvalue weighted by atomic mass is 10.3. The molecule has 0 saturated heterocycles. The van der Waals surface area contributed by atoms with Gasteiger partial charge in [-0.25, -0.2) is 8.78 Å². The lowest BCUT2D eigenvalue weighted by Crippen LogP contribution is -2.27. The average molecular weight is 163 g/mol. The molecule has 64 valence electrons. The molecule has 2 nitrogen and oxygen atoms in total. The van der Waals surface area contributed by atoms with Crippen LogP contribution in [0.25, 0.3) is 0 Å². The molecule has 1 amide bonds. The number of hydrogen-bond donors (Lipinski definition) is 1. The number of halogens is 2. The highest BCUT2D eigenvalue weighted by molar-refractivity contribution is 5.93. The molecule has 0 radical (unpaired) electrons. The Bertz CT molecular complexity index is 157. The van der Waals surface area contributed by atoms with Crippen molar-refractivity contribution in [1.82, 2.24) is 5.32 Å². The van der Waals surface area contributed by atoms with Crippen molar-refractivity contribution < 1.29 is 13.6 Å². The molecule has 0 unspecified atom stereocenters. The Labute approximate surface area is 64.3 Å². The van der Waals surface area contributed by atoms with Gasteiger partial charge in [-0.3, -0.25) is 4.79 Å². The van der Waals surface area contributed by atoms with Gasteiger partial charge in [0.1, 0.15) is 0 Å². The van der Waals surface area contributed by atoms with Gasteiger partial charge in [-0.1, -0.05) is 13.5 Å². The second kappa shape index (κ2) is 4.82. The first-order valence-electron chi connectivity index (χ1n) is 3.34. The molecule has 0 aromatic heterocycles. The summed E-state index contributed by atoms with van der Waals surface area (Å²) in [6.45, 7) is 5.19. The van der Waals surface area contributed by atoms with Gasteiger partial charge in [0.05, 0.1) is 5.57 Å². The van der Waals surface area contributed by atoms with Crippen molar-refractivity contribution in [1.29, 1.82) is 0 Å². The van der Waals surface area contributed by atoms with Crippen LogP contribution in [0.5, 0.6) is 0 Å². The van der Waals surface area contributed by atoms with E-state index in [1.807, 2.05) is 6.92 Å². The Kier molecular flexibility index (Phi) is 4.41. The van der Waals surface area contributed by atoms with E-state index < -0.39 is 17.9 Å². The van der Waals surface area contributed by atoms with E-state index >= 15 is 0 Å². The van der Waals surface area contributed by atoms with Crippen molar-refractivity contribution in [2.75, 3.05) is 6.54 Å². The quantitative estimate of drug-likeness (QED) is 0.622. The second-order valence-electron chi connectivity index (χ2n) is 2.08. The maximum absolute atomic E-state index is 11.7. The predicted molar refractivity (Wildman–Crippen MR) is 38.4 cm³/mol. The number of carbonyl (C=O) groups is 1. The fourth-order valence-electron chi connectivity index (χ4n) is 0.451. The predicted octanol–water partition coefficient (Wildman–Crippen LogP) is 1.33. The third-order valence-corrected chi connectivity index (χ3v) is 1.09. The Morgan fingerprint density at radius 3 is 2.55 bits per heavy atom. The van der Waals surface area contributed by atoms with E-state index in [0.717, 1.165) is 6.42 Å². The van der Waals surface area contributed by atoms with Crippen molar-refractivity contribution in [2.45, 2.75) is 19.8 Å². The van der Waals surface area contributed by atoms with Crippen LogP contribution < -0.4 is 5.32 Å². The molecule has 0 atom stereocenters. The number of carbonyl (C=O) groups excluding carboxylic acids is 1. The summed E-state index contributed by atoms with van der Waals surface area (Å²) in [5, 5.41) is 2.29. The summed E-state index contributed by atoms with van der Waals surface area (Å²) in [6, 6.07) is 0. The van der Waals surface area contributed by atoms with E-state index in [0.29, 0.717) is 6.54 Å².